The molecule has 2 aromatic heterocycles. The molecule has 0 saturated carbocycles. The van der Waals surface area contributed by atoms with Crippen LogP contribution in [0.1, 0.15) is 52.8 Å². The van der Waals surface area contributed by atoms with Crippen molar-refractivity contribution in [2.24, 2.45) is 20.5 Å². The minimum absolute atomic E-state index is 0.0321. The molecule has 89 heavy (non-hydrogen) atoms. The number of aromatic carboxylic acids is 2. The van der Waals surface area contributed by atoms with E-state index in [9.17, 15) is 88.8 Å². The van der Waals surface area contributed by atoms with Crippen molar-refractivity contribution in [3.63, 3.8) is 0 Å². The number of hydrogen-bond acceptors (Lipinski definition) is 31. The quantitative estimate of drug-likeness (QED) is 0.00640. The van der Waals surface area contributed by atoms with Crippen LogP contribution in [0.2, 0.25) is 0 Å². The number of unbranched alkanes of at least 4 members (excludes halogenated alkanes) is 2. The van der Waals surface area contributed by atoms with E-state index < -0.39 is 133 Å². The summed E-state index contributed by atoms with van der Waals surface area (Å²) < 4.78 is 105. The van der Waals surface area contributed by atoms with Gasteiger partial charge in [-0.2, -0.15) is 47.0 Å². The maximum atomic E-state index is 12.8. The summed E-state index contributed by atoms with van der Waals surface area (Å²) in [6, 6.07) is 15.2. The zero-order valence-electron chi connectivity index (χ0n) is 44.2. The maximum Gasteiger partial charge on any atom is 0.351 e. The van der Waals surface area contributed by atoms with Crippen molar-refractivity contribution in [2.75, 3.05) is 21.5 Å². The summed E-state index contributed by atoms with van der Waals surface area (Å²) in [5, 5.41) is 73.6. The van der Waals surface area contributed by atoms with E-state index in [2.05, 4.69) is 92.1 Å². The second-order valence-corrected chi connectivity index (χ2v) is 23.0. The molecule has 2 heterocycles. The monoisotopic (exact) mass is 1310 g/mol. The largest absolute Gasteiger partial charge is 0.505 e. The Labute approximate surface area is 500 Å². The van der Waals surface area contributed by atoms with E-state index in [1.165, 1.54) is 42.5 Å². The first-order valence-electron chi connectivity index (χ1n) is 24.4. The number of carbonyl (C=O) groups is 4. The number of phenolic OH excluding ortho intramolecular Hbond substituents is 2. The second-order valence-electron chi connectivity index (χ2n) is 17.9. The zero-order valence-corrected chi connectivity index (χ0v) is 47.5. The van der Waals surface area contributed by atoms with Crippen LogP contribution in [0.15, 0.2) is 135 Å². The Morgan fingerprint density at radius 1 is 0.562 bits per heavy atom. The first kappa shape index (κ1) is 64.6. The van der Waals surface area contributed by atoms with E-state index in [1.54, 1.807) is 0 Å². The zero-order chi connectivity index (χ0) is 64.5. The Kier molecular flexibility index (Phi) is 19.7. The summed E-state index contributed by atoms with van der Waals surface area (Å²) >= 11 is 0.282. The van der Waals surface area contributed by atoms with Gasteiger partial charge in [-0.25, -0.2) is 24.4 Å². The Morgan fingerprint density at radius 2 is 1.01 bits per heavy atom. The number of aromatic amines is 2. The SMILES string of the molecule is O=C(CCCCCC(=O)NNc1nc(Nc2cc(S(O)(O)O)cc3cc(S(=O)(=O)O)c(N=Nc4ccc(C(=O)O)cc4)c(O)c23)nc(=O)[nH]1)NNc1nc(Nc2cc(S(=O)(=O)O)cc3cc(SOOO)c(N=Nc4ccc(C(=O)O)cc4)c(O)c23)nc(=O)[nH]1. The number of carbonyl (C=O) groups excluding carboxylic acids is 2. The number of amides is 2. The summed E-state index contributed by atoms with van der Waals surface area (Å²) in [5.74, 6) is -7.55. The highest BCUT2D eigenvalue weighted by Crippen LogP contribution is 2.51. The number of carboxylic acids is 2. The highest BCUT2D eigenvalue weighted by molar-refractivity contribution is 8.19. The second kappa shape index (κ2) is 27.1. The van der Waals surface area contributed by atoms with Gasteiger partial charge in [0.1, 0.15) is 27.1 Å². The molecule has 466 valence electrons. The predicted molar refractivity (Wildman–Crippen MR) is 309 cm³/mol. The third-order valence-electron chi connectivity index (χ3n) is 11.8. The molecule has 0 aliphatic carbocycles. The van der Waals surface area contributed by atoms with Gasteiger partial charge in [0.2, 0.25) is 35.6 Å². The van der Waals surface area contributed by atoms with Gasteiger partial charge in [-0.3, -0.25) is 50.4 Å². The summed E-state index contributed by atoms with van der Waals surface area (Å²) in [4.78, 5) is 90.7. The van der Waals surface area contributed by atoms with E-state index in [1.807, 2.05) is 0 Å². The number of aromatic hydroxyl groups is 2. The molecule has 8 rings (SSSR count). The normalized spacial score (nSPS) is 12.1. The van der Waals surface area contributed by atoms with Gasteiger partial charge in [-0.15, -0.1) is 14.6 Å². The molecule has 2 amide bonds. The number of rotatable bonds is 26. The molecule has 0 bridgehead atoms. The standard InChI is InChI=1S/C47H42N16O22S4/c64-32(58-62-44-50-42(52-46(72)54-44)48-28-18-26(87(75,76)77)14-22-16-30(86-85-84-74)36(38(66)34(22)28)60-56-24-10-6-20(7-11-24)40(68)69)4-2-1-3-5-33(65)59-63-45-51-43(53-47(73)55-45)49-29-19-27(88(78,79)80)15-23-17-31(89(81,82)83)37(39(67)35(23)29)61-57-25-12-8-21(9-13-25)41(70)71/h6-19,66-67,74,78-80H,1-5H2,(H,58,64)(H,59,65)(H,68,69)(H,70,71)(H,75,76,77)(H,81,82,83)(H3,48,50,52,54,62,72)(H3,49,51,53,55,63,73). The lowest BCUT2D eigenvalue weighted by Gasteiger charge is -2.22. The molecule has 8 aromatic rings. The number of hydrazine groups is 2. The maximum absolute atomic E-state index is 12.8. The fraction of sp³-hybridized carbons (Fsp3) is 0.106. The van der Waals surface area contributed by atoms with Crippen molar-refractivity contribution in [1.29, 1.82) is 0 Å². The van der Waals surface area contributed by atoms with Crippen LogP contribution in [0.4, 0.5) is 57.9 Å². The first-order valence-corrected chi connectivity index (χ1v) is 29.6. The highest BCUT2D eigenvalue weighted by atomic mass is 32.3. The smallest absolute Gasteiger partial charge is 0.351 e. The number of anilines is 6. The average molecular weight is 1310 g/mol. The lowest BCUT2D eigenvalue weighted by atomic mass is 10.1. The number of H-pyrrole nitrogens is 2. The molecule has 42 heteroatoms. The molecule has 6 aromatic carbocycles. The number of fused-ring (bicyclic) bond motifs is 2. The van der Waals surface area contributed by atoms with Gasteiger partial charge >= 0.3 is 23.3 Å². The van der Waals surface area contributed by atoms with Crippen molar-refractivity contribution >= 4 is 146 Å². The van der Waals surface area contributed by atoms with Crippen LogP contribution in [-0.4, -0.2) is 119 Å². The number of hydrogen-bond donors (Lipinski definition) is 18. The van der Waals surface area contributed by atoms with Crippen LogP contribution in [0.25, 0.3) is 21.5 Å². The minimum Gasteiger partial charge on any atom is -0.505 e. The number of aromatic nitrogens is 6. The number of phenols is 2. The topological polar surface area (TPSA) is 596 Å². The minimum atomic E-state index is -5.24. The molecule has 0 spiro atoms. The van der Waals surface area contributed by atoms with E-state index in [0.717, 1.165) is 42.5 Å². The summed E-state index contributed by atoms with van der Waals surface area (Å²) in [6.45, 7) is 0. The Morgan fingerprint density at radius 3 is 1.46 bits per heavy atom. The Balaban J connectivity index is 0.887. The molecular weight excluding hydrogens is 1270 g/mol. The Hall–Kier alpha value is -10.4. The van der Waals surface area contributed by atoms with Crippen molar-refractivity contribution < 1.29 is 93.8 Å². The molecule has 0 fully saturated rings. The fourth-order valence-corrected chi connectivity index (χ4v) is 10.1. The highest BCUT2D eigenvalue weighted by Gasteiger charge is 2.28. The van der Waals surface area contributed by atoms with Gasteiger partial charge in [0.05, 0.1) is 60.6 Å². The van der Waals surface area contributed by atoms with E-state index >= 15 is 0 Å². The van der Waals surface area contributed by atoms with E-state index in [-0.39, 0.29) is 92.7 Å². The van der Waals surface area contributed by atoms with Gasteiger partial charge in [-0.1, -0.05) is 11.5 Å². The third-order valence-corrected chi connectivity index (χ3v) is 15.0. The van der Waals surface area contributed by atoms with E-state index in [0.29, 0.717) is 6.42 Å². The van der Waals surface area contributed by atoms with Crippen molar-refractivity contribution in [2.45, 2.75) is 51.7 Å². The van der Waals surface area contributed by atoms with Crippen molar-refractivity contribution in [3.8, 4) is 11.5 Å². The van der Waals surface area contributed by atoms with Crippen LogP contribution in [0.5, 0.6) is 11.5 Å². The summed E-state index contributed by atoms with van der Waals surface area (Å²) in [7, 11) is -14.8. The van der Waals surface area contributed by atoms with Gasteiger partial charge in [0.25, 0.3) is 20.2 Å². The van der Waals surface area contributed by atoms with Crippen LogP contribution >= 0.6 is 22.9 Å². The van der Waals surface area contributed by atoms with Crippen LogP contribution < -0.4 is 43.7 Å². The van der Waals surface area contributed by atoms with Gasteiger partial charge in [0.15, 0.2) is 11.5 Å². The molecule has 0 atom stereocenters. The molecule has 0 unspecified atom stereocenters. The molecule has 0 aliphatic heterocycles. The van der Waals surface area contributed by atoms with Gasteiger partial charge < -0.3 is 44.7 Å². The fourth-order valence-electron chi connectivity index (χ4n) is 7.86. The number of carboxylic acid groups (broad SMARTS) is 2. The van der Waals surface area contributed by atoms with Crippen LogP contribution in [-0.2, 0) is 39.2 Å². The summed E-state index contributed by atoms with van der Waals surface area (Å²) in [6.07, 6.45) is 0.394. The van der Waals surface area contributed by atoms with Crippen molar-refractivity contribution in [3.05, 3.63) is 117 Å². The summed E-state index contributed by atoms with van der Waals surface area (Å²) in [5.41, 5.74) is 5.04. The lowest BCUT2D eigenvalue weighted by molar-refractivity contribution is -0.432. The van der Waals surface area contributed by atoms with E-state index in [4.69, 9.17) is 5.26 Å². The number of nitrogens with one attached hydrogen (secondary N) is 8. The van der Waals surface area contributed by atoms with Gasteiger partial charge in [-0.05, 0) is 109 Å². The van der Waals surface area contributed by atoms with Crippen LogP contribution in [0, 0.1) is 0 Å². The average Bonchev–Trinajstić information content (AvgIpc) is 0.791. The first-order chi connectivity index (χ1) is 42.0. The number of azo groups is 2. The predicted octanol–water partition coefficient (Wildman–Crippen LogP) is 7.12. The molecular formula is C47H42N16O22S4. The Bertz CT molecular complexity index is 4530. The molecule has 0 saturated heterocycles. The van der Waals surface area contributed by atoms with Crippen molar-refractivity contribution in [1.82, 2.24) is 40.8 Å². The lowest BCUT2D eigenvalue weighted by Crippen LogP contribution is -2.32. The third kappa shape index (κ3) is 16.6. The van der Waals surface area contributed by atoms with Crippen LogP contribution in [0.3, 0.4) is 0 Å². The van der Waals surface area contributed by atoms with Gasteiger partial charge in [0, 0.05) is 23.6 Å². The molecule has 0 aliphatic rings. The molecule has 0 radical (unpaired) electrons. The molecule has 38 nitrogen and oxygen atoms in total. The molecule has 18 N–H and O–H groups in total. The number of nitrogens with zero attached hydrogens (tertiary/aromatic N) is 8. The number of benzene rings is 6.